The average molecular weight is 480 g/mol. The highest BCUT2D eigenvalue weighted by Crippen LogP contribution is 2.38. The summed E-state index contributed by atoms with van der Waals surface area (Å²) in [7, 11) is 1.82. The first-order valence-electron chi connectivity index (χ1n) is 11.8. The molecular formula is C26H33N5O4. The minimum Gasteiger partial charge on any atom is -0.449 e. The maximum Gasteiger partial charge on any atom is 0.411 e. The van der Waals surface area contributed by atoms with Crippen molar-refractivity contribution in [2.24, 2.45) is 13.0 Å². The third-order valence-corrected chi connectivity index (χ3v) is 5.94. The van der Waals surface area contributed by atoms with Crippen LogP contribution in [0.25, 0.3) is 5.69 Å². The summed E-state index contributed by atoms with van der Waals surface area (Å²) in [6.07, 6.45) is 6.62. The Hall–Kier alpha value is -3.46. The Kier molecular flexibility index (Phi) is 6.80. The van der Waals surface area contributed by atoms with Crippen LogP contribution in [0.2, 0.25) is 0 Å². The first kappa shape index (κ1) is 24.7. The fourth-order valence-corrected chi connectivity index (χ4v) is 4.95. The molecule has 0 atom stereocenters. The Bertz CT molecular complexity index is 1240. The minimum atomic E-state index is -0.499. The Labute approximate surface area is 205 Å². The molecule has 186 valence electrons. The molecule has 0 spiro atoms. The smallest absolute Gasteiger partial charge is 0.411 e. The fourth-order valence-electron chi connectivity index (χ4n) is 4.95. The molecule has 0 bridgehead atoms. The molecule has 9 heteroatoms. The van der Waals surface area contributed by atoms with Crippen LogP contribution in [0.3, 0.4) is 0 Å². The van der Waals surface area contributed by atoms with Crippen LogP contribution in [0.15, 0.2) is 53.7 Å². The van der Waals surface area contributed by atoms with E-state index in [0.717, 1.165) is 24.1 Å². The molecule has 1 N–H and O–H groups in total. The van der Waals surface area contributed by atoms with E-state index >= 15 is 0 Å². The number of benzene rings is 1. The van der Waals surface area contributed by atoms with Crippen LogP contribution in [-0.2, 0) is 22.9 Å². The number of anilines is 1. The maximum absolute atomic E-state index is 12.5. The monoisotopic (exact) mass is 479 g/mol. The Balaban J connectivity index is 1.38. The molecular weight excluding hydrogens is 446 g/mol. The summed E-state index contributed by atoms with van der Waals surface area (Å²) in [5.74, 6) is 0.233. The molecule has 35 heavy (non-hydrogen) atoms. The van der Waals surface area contributed by atoms with E-state index in [4.69, 9.17) is 9.47 Å². The van der Waals surface area contributed by atoms with Crippen LogP contribution in [0.5, 0.6) is 0 Å². The van der Waals surface area contributed by atoms with Gasteiger partial charge in [-0.15, -0.1) is 0 Å². The number of aromatic nitrogens is 4. The zero-order valence-corrected chi connectivity index (χ0v) is 20.9. The van der Waals surface area contributed by atoms with Crippen molar-refractivity contribution in [1.29, 1.82) is 0 Å². The van der Waals surface area contributed by atoms with Crippen LogP contribution in [0, 0.1) is 5.92 Å². The molecule has 0 saturated carbocycles. The van der Waals surface area contributed by atoms with Gasteiger partial charge in [-0.2, -0.15) is 10.2 Å². The molecule has 9 nitrogen and oxygen atoms in total. The van der Waals surface area contributed by atoms with Gasteiger partial charge in [-0.25, -0.2) is 9.48 Å². The lowest BCUT2D eigenvalue weighted by Gasteiger charge is -2.45. The third kappa shape index (κ3) is 6.57. The Morgan fingerprint density at radius 1 is 1.20 bits per heavy atom. The molecule has 1 saturated heterocycles. The second-order valence-corrected chi connectivity index (χ2v) is 10.4. The van der Waals surface area contributed by atoms with Crippen LogP contribution >= 0.6 is 0 Å². The number of hydrogen-bond acceptors (Lipinski definition) is 6. The summed E-state index contributed by atoms with van der Waals surface area (Å²) in [4.78, 5) is 24.9. The Morgan fingerprint density at radius 2 is 1.94 bits per heavy atom. The molecule has 1 aromatic carbocycles. The lowest BCUT2D eigenvalue weighted by atomic mass is 9.81. The number of carbonyl (C=O) groups is 1. The van der Waals surface area contributed by atoms with Crippen LogP contribution in [0.1, 0.15) is 51.8 Å². The minimum absolute atomic E-state index is 0.148. The van der Waals surface area contributed by atoms with Crippen molar-refractivity contribution >= 4 is 11.8 Å². The van der Waals surface area contributed by atoms with Gasteiger partial charge < -0.3 is 9.47 Å². The van der Waals surface area contributed by atoms with E-state index < -0.39 is 6.09 Å². The van der Waals surface area contributed by atoms with Crippen molar-refractivity contribution < 1.29 is 14.3 Å². The number of nitrogens with one attached hydrogen (secondary N) is 1. The fraction of sp³-hybridized carbons (Fsp3) is 0.462. The van der Waals surface area contributed by atoms with Gasteiger partial charge in [0, 0.05) is 31.4 Å². The number of aryl methyl sites for hydroxylation is 1. The zero-order valence-electron chi connectivity index (χ0n) is 20.9. The maximum atomic E-state index is 12.5. The van der Waals surface area contributed by atoms with E-state index in [2.05, 4.69) is 43.2 Å². The number of rotatable bonds is 6. The molecule has 1 aliphatic rings. The molecule has 1 amide bonds. The van der Waals surface area contributed by atoms with Crippen molar-refractivity contribution in [2.75, 3.05) is 11.9 Å². The summed E-state index contributed by atoms with van der Waals surface area (Å²) in [6, 6.07) is 8.83. The second-order valence-electron chi connectivity index (χ2n) is 10.4. The largest absolute Gasteiger partial charge is 0.449 e. The first-order chi connectivity index (χ1) is 16.5. The van der Waals surface area contributed by atoms with Crippen molar-refractivity contribution in [2.45, 2.75) is 58.2 Å². The number of ether oxygens (including phenoxy) is 2. The quantitative estimate of drug-likeness (QED) is 0.572. The van der Waals surface area contributed by atoms with E-state index in [0.29, 0.717) is 24.4 Å². The van der Waals surface area contributed by atoms with Gasteiger partial charge in [-0.05, 0) is 64.2 Å². The topological polar surface area (TPSA) is 100 Å². The highest BCUT2D eigenvalue weighted by Gasteiger charge is 2.39. The van der Waals surface area contributed by atoms with Gasteiger partial charge in [0.25, 0.3) is 0 Å². The molecule has 0 unspecified atom stereocenters. The number of amides is 1. The van der Waals surface area contributed by atoms with Crippen LogP contribution in [0.4, 0.5) is 10.5 Å². The van der Waals surface area contributed by atoms with Gasteiger partial charge in [-0.3, -0.25) is 14.8 Å². The van der Waals surface area contributed by atoms with Gasteiger partial charge in [0.1, 0.15) is 11.4 Å². The summed E-state index contributed by atoms with van der Waals surface area (Å²) in [6.45, 7) is 8.61. The van der Waals surface area contributed by atoms with E-state index in [1.165, 1.54) is 6.07 Å². The van der Waals surface area contributed by atoms with Crippen molar-refractivity contribution in [1.82, 2.24) is 19.6 Å². The van der Waals surface area contributed by atoms with E-state index in [1.54, 1.807) is 27.8 Å². The lowest BCUT2D eigenvalue weighted by molar-refractivity contribution is -0.176. The predicted octanol–water partition coefficient (Wildman–Crippen LogP) is 4.09. The highest BCUT2D eigenvalue weighted by molar-refractivity contribution is 5.84. The molecule has 2 aromatic heterocycles. The van der Waals surface area contributed by atoms with Crippen molar-refractivity contribution in [3.63, 3.8) is 0 Å². The summed E-state index contributed by atoms with van der Waals surface area (Å²) < 4.78 is 14.9. The number of carbonyl (C=O) groups excluding carboxylic acids is 1. The zero-order chi connectivity index (χ0) is 25.2. The van der Waals surface area contributed by atoms with Gasteiger partial charge in [-0.1, -0.05) is 12.1 Å². The number of hydrogen-bond donors (Lipinski definition) is 1. The normalized spacial score (nSPS) is 17.2. The standard InChI is InChI=1S/C26H33N5O4/c1-25(2)13-19(14-26(3,4)35-25)17-34-24(33)28-20-8-6-7-18(11-20)12-22-23(32)9-10-31(29-22)21-15-27-30(5)16-21/h6-11,15-16,19H,12-14,17H2,1-5H3,(H,28,33). The van der Waals surface area contributed by atoms with E-state index in [-0.39, 0.29) is 22.5 Å². The second kappa shape index (κ2) is 9.65. The summed E-state index contributed by atoms with van der Waals surface area (Å²) in [5.41, 5.74) is 1.98. The average Bonchev–Trinajstić information content (AvgIpc) is 3.18. The molecule has 0 aliphatic carbocycles. The van der Waals surface area contributed by atoms with Crippen molar-refractivity contribution in [3.8, 4) is 5.69 Å². The van der Waals surface area contributed by atoms with Crippen LogP contribution < -0.4 is 10.7 Å². The highest BCUT2D eigenvalue weighted by atomic mass is 16.6. The van der Waals surface area contributed by atoms with Gasteiger partial charge in [0.05, 0.1) is 30.2 Å². The van der Waals surface area contributed by atoms with Crippen LogP contribution in [-0.4, -0.2) is 43.5 Å². The predicted molar refractivity (Wildman–Crippen MR) is 133 cm³/mol. The van der Waals surface area contributed by atoms with Crippen molar-refractivity contribution in [3.05, 3.63) is 70.4 Å². The van der Waals surface area contributed by atoms with Gasteiger partial charge in [0.2, 0.25) is 5.43 Å². The van der Waals surface area contributed by atoms with Gasteiger partial charge in [0.15, 0.2) is 0 Å². The molecule has 4 rings (SSSR count). The Morgan fingerprint density at radius 3 is 2.63 bits per heavy atom. The molecule has 1 fully saturated rings. The number of nitrogens with zero attached hydrogens (tertiary/aromatic N) is 4. The molecule has 1 aliphatic heterocycles. The summed E-state index contributed by atoms with van der Waals surface area (Å²) in [5, 5.41) is 11.4. The molecule has 3 heterocycles. The third-order valence-electron chi connectivity index (χ3n) is 5.94. The summed E-state index contributed by atoms with van der Waals surface area (Å²) >= 11 is 0. The lowest BCUT2D eigenvalue weighted by Crippen LogP contribution is -2.46. The van der Waals surface area contributed by atoms with Gasteiger partial charge >= 0.3 is 6.09 Å². The SMILES string of the molecule is Cn1cc(-n2ccc(=O)c(Cc3cccc(NC(=O)OCC4CC(C)(C)OC(C)(C)C4)c3)n2)cn1. The molecule has 0 radical (unpaired) electrons. The van der Waals surface area contributed by atoms with E-state index in [9.17, 15) is 9.59 Å². The van der Waals surface area contributed by atoms with E-state index in [1.807, 2.05) is 31.4 Å². The molecule has 3 aromatic rings. The first-order valence-corrected chi connectivity index (χ1v) is 11.8.